The zero-order chi connectivity index (χ0) is 18.2. The maximum atomic E-state index is 4.90. The summed E-state index contributed by atoms with van der Waals surface area (Å²) >= 11 is 0. The van der Waals surface area contributed by atoms with Crippen LogP contribution in [0.2, 0.25) is 0 Å². The number of aliphatic imine (C=N–C) groups is 1. The van der Waals surface area contributed by atoms with E-state index in [0.717, 1.165) is 32.1 Å². The van der Waals surface area contributed by atoms with Crippen LogP contribution in [0.25, 0.3) is 0 Å². The van der Waals surface area contributed by atoms with E-state index in [1.807, 2.05) is 0 Å². The Balaban J connectivity index is 1.46. The van der Waals surface area contributed by atoms with Gasteiger partial charge in [0, 0.05) is 51.2 Å². The highest BCUT2D eigenvalue weighted by Gasteiger charge is 2.43. The lowest BCUT2D eigenvalue weighted by Crippen LogP contribution is -2.49. The third kappa shape index (κ3) is 5.21. The molecular weight excluding hydrogens is 322 g/mol. The molecule has 0 unspecified atom stereocenters. The van der Waals surface area contributed by atoms with Crippen LogP contribution in [0.4, 0.5) is 0 Å². The second kappa shape index (κ2) is 9.38. The van der Waals surface area contributed by atoms with Gasteiger partial charge in [0.15, 0.2) is 5.96 Å². The van der Waals surface area contributed by atoms with Crippen molar-refractivity contribution in [2.75, 3.05) is 58.9 Å². The highest BCUT2D eigenvalue weighted by atomic mass is 15.3. The molecule has 1 aromatic rings. The highest BCUT2D eigenvalue weighted by molar-refractivity contribution is 5.79. The zero-order valence-corrected chi connectivity index (χ0v) is 16.5. The van der Waals surface area contributed by atoms with Gasteiger partial charge in [-0.25, -0.2) is 0 Å². The Morgan fingerprint density at radius 3 is 2.31 bits per heavy atom. The van der Waals surface area contributed by atoms with Gasteiger partial charge in [-0.2, -0.15) is 0 Å². The third-order valence-corrected chi connectivity index (χ3v) is 5.76. The molecule has 1 heterocycles. The van der Waals surface area contributed by atoms with Crippen molar-refractivity contribution in [2.45, 2.75) is 32.1 Å². The number of guanidine groups is 1. The average molecular weight is 358 g/mol. The lowest BCUT2D eigenvalue weighted by atomic mass is 9.96. The molecule has 2 fully saturated rings. The first-order chi connectivity index (χ1) is 12.8. The van der Waals surface area contributed by atoms with Gasteiger partial charge in [0.05, 0.1) is 6.54 Å². The molecule has 1 aliphatic heterocycles. The van der Waals surface area contributed by atoms with Crippen molar-refractivity contribution in [3.05, 3.63) is 35.9 Å². The summed E-state index contributed by atoms with van der Waals surface area (Å²) in [5.41, 5.74) is 1.72. The van der Waals surface area contributed by atoms with Gasteiger partial charge >= 0.3 is 0 Å². The molecule has 0 aromatic heterocycles. The minimum absolute atomic E-state index is 0.278. The minimum Gasteiger partial charge on any atom is -0.357 e. The van der Waals surface area contributed by atoms with E-state index in [9.17, 15) is 0 Å². The molecule has 0 amide bonds. The van der Waals surface area contributed by atoms with Crippen molar-refractivity contribution in [3.8, 4) is 0 Å². The maximum absolute atomic E-state index is 4.90. The molecule has 1 aromatic carbocycles. The number of nitrogens with zero attached hydrogens (tertiary/aromatic N) is 3. The van der Waals surface area contributed by atoms with Crippen molar-refractivity contribution in [2.24, 2.45) is 4.99 Å². The summed E-state index contributed by atoms with van der Waals surface area (Å²) in [5, 5.41) is 6.93. The van der Waals surface area contributed by atoms with Crippen molar-refractivity contribution in [1.82, 2.24) is 20.4 Å². The quantitative estimate of drug-likeness (QED) is 0.551. The van der Waals surface area contributed by atoms with Crippen LogP contribution in [0, 0.1) is 0 Å². The second-order valence-corrected chi connectivity index (χ2v) is 7.54. The molecule has 3 rings (SSSR count). The summed E-state index contributed by atoms with van der Waals surface area (Å²) in [7, 11) is 0. The Kier molecular flexibility index (Phi) is 6.92. The molecule has 1 aliphatic carbocycles. The van der Waals surface area contributed by atoms with Gasteiger partial charge in [0.1, 0.15) is 0 Å². The smallest absolute Gasteiger partial charge is 0.191 e. The number of hydrogen-bond donors (Lipinski definition) is 2. The van der Waals surface area contributed by atoms with E-state index < -0.39 is 0 Å². The zero-order valence-electron chi connectivity index (χ0n) is 16.5. The third-order valence-electron chi connectivity index (χ3n) is 5.76. The van der Waals surface area contributed by atoms with Gasteiger partial charge in [-0.3, -0.25) is 9.89 Å². The summed E-state index contributed by atoms with van der Waals surface area (Å²) in [6, 6.07) is 10.9. The first-order valence-electron chi connectivity index (χ1n) is 10.3. The van der Waals surface area contributed by atoms with Crippen molar-refractivity contribution in [3.63, 3.8) is 0 Å². The van der Waals surface area contributed by atoms with Gasteiger partial charge < -0.3 is 15.5 Å². The van der Waals surface area contributed by atoms with Crippen LogP contribution in [0.3, 0.4) is 0 Å². The van der Waals surface area contributed by atoms with Crippen LogP contribution < -0.4 is 10.6 Å². The number of hydrogen-bond acceptors (Lipinski definition) is 3. The molecule has 1 saturated carbocycles. The van der Waals surface area contributed by atoms with Crippen LogP contribution >= 0.6 is 0 Å². The molecular formula is C21H35N5. The first-order valence-corrected chi connectivity index (χ1v) is 10.3. The van der Waals surface area contributed by atoms with Crippen LogP contribution in [0.5, 0.6) is 0 Å². The number of likely N-dealkylation sites (N-methyl/N-ethyl adjacent to an activating group) is 1. The minimum atomic E-state index is 0.278. The van der Waals surface area contributed by atoms with Crippen molar-refractivity contribution < 1.29 is 0 Å². The van der Waals surface area contributed by atoms with Crippen molar-refractivity contribution >= 4 is 5.96 Å². The Labute approximate surface area is 158 Å². The maximum Gasteiger partial charge on any atom is 0.191 e. The van der Waals surface area contributed by atoms with Gasteiger partial charge in [0.2, 0.25) is 0 Å². The summed E-state index contributed by atoms with van der Waals surface area (Å²) in [6.07, 6.45) is 2.50. The topological polar surface area (TPSA) is 42.9 Å². The van der Waals surface area contributed by atoms with E-state index >= 15 is 0 Å². The second-order valence-electron chi connectivity index (χ2n) is 7.54. The van der Waals surface area contributed by atoms with Crippen LogP contribution in [-0.2, 0) is 5.41 Å². The van der Waals surface area contributed by atoms with Crippen LogP contribution in [-0.4, -0.2) is 74.7 Å². The van der Waals surface area contributed by atoms with E-state index in [-0.39, 0.29) is 5.41 Å². The fraction of sp³-hybridized carbons (Fsp3) is 0.667. The number of nitrogens with one attached hydrogen (secondary N) is 2. The van der Waals surface area contributed by atoms with Gasteiger partial charge in [0.25, 0.3) is 0 Å². The fourth-order valence-electron chi connectivity index (χ4n) is 3.71. The predicted molar refractivity (Wildman–Crippen MR) is 110 cm³/mol. The van der Waals surface area contributed by atoms with E-state index in [4.69, 9.17) is 4.99 Å². The standard InChI is InChI=1S/C21H35N5/c1-3-22-20(23-12-13-26-16-14-25(4-2)15-17-26)24-18-21(10-11-21)19-8-6-5-7-9-19/h5-9H,3-4,10-18H2,1-2H3,(H2,22,23,24). The molecule has 0 radical (unpaired) electrons. The Bertz CT molecular complexity index is 559. The molecule has 144 valence electrons. The lowest BCUT2D eigenvalue weighted by molar-refractivity contribution is 0.139. The molecule has 2 N–H and O–H groups in total. The molecule has 2 aliphatic rings. The van der Waals surface area contributed by atoms with Gasteiger partial charge in [-0.15, -0.1) is 0 Å². The van der Waals surface area contributed by atoms with Crippen LogP contribution in [0.15, 0.2) is 35.3 Å². The Morgan fingerprint density at radius 1 is 1.00 bits per heavy atom. The molecule has 0 spiro atoms. The van der Waals surface area contributed by atoms with Gasteiger partial charge in [-0.1, -0.05) is 37.3 Å². The monoisotopic (exact) mass is 357 g/mol. The van der Waals surface area contributed by atoms with E-state index in [1.54, 1.807) is 0 Å². The van der Waals surface area contributed by atoms with Gasteiger partial charge in [-0.05, 0) is 31.9 Å². The van der Waals surface area contributed by atoms with Crippen LogP contribution in [0.1, 0.15) is 32.3 Å². The normalized spacial score (nSPS) is 20.8. The summed E-state index contributed by atoms with van der Waals surface area (Å²) in [5.74, 6) is 0.960. The SMILES string of the molecule is CCNC(=NCC1(c2ccccc2)CC1)NCCN1CCN(CC)CC1. The predicted octanol–water partition coefficient (Wildman–Crippen LogP) is 1.91. The van der Waals surface area contributed by atoms with E-state index in [0.29, 0.717) is 0 Å². The average Bonchev–Trinajstić information content (AvgIpc) is 3.48. The molecule has 26 heavy (non-hydrogen) atoms. The van der Waals surface area contributed by atoms with E-state index in [1.165, 1.54) is 51.1 Å². The largest absolute Gasteiger partial charge is 0.357 e. The number of piperazine rings is 1. The summed E-state index contributed by atoms with van der Waals surface area (Å²) < 4.78 is 0. The lowest BCUT2D eigenvalue weighted by Gasteiger charge is -2.34. The molecule has 5 nitrogen and oxygen atoms in total. The number of rotatable bonds is 8. The van der Waals surface area contributed by atoms with Crippen molar-refractivity contribution in [1.29, 1.82) is 0 Å². The molecule has 5 heteroatoms. The molecule has 1 saturated heterocycles. The Morgan fingerprint density at radius 2 is 1.69 bits per heavy atom. The number of benzene rings is 1. The highest BCUT2D eigenvalue weighted by Crippen LogP contribution is 2.48. The van der Waals surface area contributed by atoms with E-state index in [2.05, 4.69) is 64.6 Å². The summed E-state index contributed by atoms with van der Waals surface area (Å²) in [6.45, 7) is 14.1. The molecule has 0 bridgehead atoms. The molecule has 0 atom stereocenters. The Hall–Kier alpha value is -1.59. The summed E-state index contributed by atoms with van der Waals surface area (Å²) in [4.78, 5) is 9.97. The first kappa shape index (κ1) is 19.2. The fourth-order valence-corrected chi connectivity index (χ4v) is 3.71.